The molecule has 21 heavy (non-hydrogen) atoms. The first-order valence-electron chi connectivity index (χ1n) is 7.32. The smallest absolute Gasteiger partial charge is 0.314 e. The van der Waals surface area contributed by atoms with Gasteiger partial charge in [-0.2, -0.15) is 0 Å². The van der Waals surface area contributed by atoms with Gasteiger partial charge >= 0.3 is 5.97 Å². The first-order valence-corrected chi connectivity index (χ1v) is 7.32. The van der Waals surface area contributed by atoms with Crippen molar-refractivity contribution in [1.82, 2.24) is 0 Å². The molecule has 2 fully saturated rings. The summed E-state index contributed by atoms with van der Waals surface area (Å²) in [5, 5.41) is 9.62. The molecule has 5 heteroatoms. The lowest BCUT2D eigenvalue weighted by Gasteiger charge is -2.39. The van der Waals surface area contributed by atoms with Gasteiger partial charge in [-0.15, -0.1) is 0 Å². The van der Waals surface area contributed by atoms with Crippen LogP contribution >= 0.6 is 0 Å². The third-order valence-corrected chi connectivity index (χ3v) is 4.50. The van der Waals surface area contributed by atoms with Crippen LogP contribution in [0.2, 0.25) is 0 Å². The highest BCUT2D eigenvalue weighted by atomic mass is 16.6. The van der Waals surface area contributed by atoms with Gasteiger partial charge in [0.25, 0.3) is 0 Å². The summed E-state index contributed by atoms with van der Waals surface area (Å²) >= 11 is 0. The normalized spacial score (nSPS) is 23.4. The van der Waals surface area contributed by atoms with Gasteiger partial charge < -0.3 is 19.3 Å². The Labute approximate surface area is 123 Å². The molecule has 5 nitrogen and oxygen atoms in total. The van der Waals surface area contributed by atoms with E-state index in [1.54, 1.807) is 7.11 Å². The van der Waals surface area contributed by atoms with Crippen molar-refractivity contribution in [3.63, 3.8) is 0 Å². The quantitative estimate of drug-likeness (QED) is 0.902. The van der Waals surface area contributed by atoms with Crippen LogP contribution in [0.3, 0.4) is 0 Å². The van der Waals surface area contributed by atoms with E-state index in [4.69, 9.17) is 14.2 Å². The van der Waals surface area contributed by atoms with Gasteiger partial charge in [0.1, 0.15) is 6.10 Å². The van der Waals surface area contributed by atoms with E-state index < -0.39 is 11.4 Å². The first kappa shape index (κ1) is 14.2. The number of ether oxygens (including phenoxy) is 3. The first-order chi connectivity index (χ1) is 10.2. The number of rotatable bonds is 5. The van der Waals surface area contributed by atoms with E-state index in [1.807, 2.05) is 18.2 Å². The van der Waals surface area contributed by atoms with E-state index in [-0.39, 0.29) is 6.10 Å². The lowest BCUT2D eigenvalue weighted by molar-refractivity contribution is -0.147. The minimum atomic E-state index is -0.823. The molecule has 0 bridgehead atoms. The van der Waals surface area contributed by atoms with Gasteiger partial charge in [0.05, 0.1) is 25.7 Å². The molecule has 1 aliphatic carbocycles. The van der Waals surface area contributed by atoms with Gasteiger partial charge in [0.2, 0.25) is 0 Å². The molecular weight excluding hydrogens is 272 g/mol. The summed E-state index contributed by atoms with van der Waals surface area (Å²) < 4.78 is 16.7. The molecule has 0 radical (unpaired) electrons. The van der Waals surface area contributed by atoms with Crippen molar-refractivity contribution in [3.8, 4) is 11.5 Å². The summed E-state index contributed by atoms with van der Waals surface area (Å²) in [6.45, 7) is 1.27. The Kier molecular flexibility index (Phi) is 3.76. The standard InChI is InChI=1S/C16H20O5/c1-19-14-12(16(15(17)18)7-3-8-16)4-2-5-13(14)21-11-6-9-20-10-11/h2,4-5,11H,3,6-10H2,1H3,(H,17,18). The van der Waals surface area contributed by atoms with Gasteiger partial charge in [-0.05, 0) is 18.9 Å². The Bertz CT molecular complexity index is 529. The highest BCUT2D eigenvalue weighted by Gasteiger charge is 2.48. The summed E-state index contributed by atoms with van der Waals surface area (Å²) in [5.74, 6) is 0.373. The molecule has 114 valence electrons. The third-order valence-electron chi connectivity index (χ3n) is 4.50. The SMILES string of the molecule is COc1c(OC2CCOC2)cccc1C1(C(=O)O)CCC1. The Balaban J connectivity index is 1.95. The summed E-state index contributed by atoms with van der Waals surface area (Å²) in [6.07, 6.45) is 3.08. The minimum Gasteiger partial charge on any atom is -0.493 e. The van der Waals surface area contributed by atoms with Crippen LogP contribution in [0.1, 0.15) is 31.2 Å². The second kappa shape index (κ2) is 5.56. The van der Waals surface area contributed by atoms with E-state index in [0.717, 1.165) is 18.4 Å². The Morgan fingerprint density at radius 2 is 2.24 bits per heavy atom. The molecule has 1 aromatic rings. The zero-order valence-electron chi connectivity index (χ0n) is 12.1. The van der Waals surface area contributed by atoms with Crippen molar-refractivity contribution in [2.75, 3.05) is 20.3 Å². The van der Waals surface area contributed by atoms with Gasteiger partial charge in [0, 0.05) is 12.0 Å². The van der Waals surface area contributed by atoms with E-state index in [1.165, 1.54) is 0 Å². The molecule has 1 aliphatic heterocycles. The Hall–Kier alpha value is -1.75. The number of hydrogen-bond donors (Lipinski definition) is 1. The molecule has 1 aromatic carbocycles. The van der Waals surface area contributed by atoms with Gasteiger partial charge in [-0.25, -0.2) is 0 Å². The second-order valence-corrected chi connectivity index (χ2v) is 5.68. The van der Waals surface area contributed by atoms with Crippen molar-refractivity contribution in [2.45, 2.75) is 37.2 Å². The van der Waals surface area contributed by atoms with Crippen LogP contribution in [-0.4, -0.2) is 37.5 Å². The van der Waals surface area contributed by atoms with Crippen molar-refractivity contribution in [3.05, 3.63) is 23.8 Å². The van der Waals surface area contributed by atoms with E-state index in [2.05, 4.69) is 0 Å². The molecule has 0 spiro atoms. The predicted octanol–water partition coefficient (Wildman–Crippen LogP) is 2.37. The maximum atomic E-state index is 11.7. The predicted molar refractivity (Wildman–Crippen MR) is 76.0 cm³/mol. The fourth-order valence-corrected chi connectivity index (χ4v) is 3.11. The zero-order chi connectivity index (χ0) is 14.9. The molecule has 1 heterocycles. The molecule has 1 saturated carbocycles. The number of carboxylic acid groups (broad SMARTS) is 1. The molecule has 2 aliphatic rings. The van der Waals surface area contributed by atoms with Crippen LogP contribution in [-0.2, 0) is 14.9 Å². The molecular formula is C16H20O5. The van der Waals surface area contributed by atoms with E-state index in [9.17, 15) is 9.90 Å². The largest absolute Gasteiger partial charge is 0.493 e. The number of hydrogen-bond acceptors (Lipinski definition) is 4. The number of para-hydroxylation sites is 1. The maximum Gasteiger partial charge on any atom is 0.314 e. The van der Waals surface area contributed by atoms with Crippen molar-refractivity contribution in [2.24, 2.45) is 0 Å². The topological polar surface area (TPSA) is 65.0 Å². The van der Waals surface area contributed by atoms with Crippen LogP contribution < -0.4 is 9.47 Å². The van der Waals surface area contributed by atoms with E-state index >= 15 is 0 Å². The van der Waals surface area contributed by atoms with Crippen LogP contribution in [0, 0.1) is 0 Å². The molecule has 1 N–H and O–H groups in total. The Morgan fingerprint density at radius 3 is 2.76 bits per heavy atom. The number of benzene rings is 1. The van der Waals surface area contributed by atoms with Crippen molar-refractivity contribution in [1.29, 1.82) is 0 Å². The number of aliphatic carboxylic acids is 1. The highest BCUT2D eigenvalue weighted by molar-refractivity contribution is 5.84. The summed E-state index contributed by atoms with van der Waals surface area (Å²) in [6, 6.07) is 5.50. The second-order valence-electron chi connectivity index (χ2n) is 5.68. The number of methoxy groups -OCH3 is 1. The zero-order valence-corrected chi connectivity index (χ0v) is 12.1. The van der Waals surface area contributed by atoms with E-state index in [0.29, 0.717) is 37.6 Å². The third kappa shape index (κ3) is 2.35. The van der Waals surface area contributed by atoms with Gasteiger partial charge in [-0.1, -0.05) is 18.6 Å². The number of carboxylic acids is 1. The number of carbonyl (C=O) groups is 1. The lowest BCUT2D eigenvalue weighted by atomic mass is 9.64. The minimum absolute atomic E-state index is 0.0105. The average molecular weight is 292 g/mol. The van der Waals surface area contributed by atoms with Crippen LogP contribution in [0.4, 0.5) is 0 Å². The summed E-state index contributed by atoms with van der Waals surface area (Å²) in [5.41, 5.74) is -0.100. The summed E-state index contributed by atoms with van der Waals surface area (Å²) in [4.78, 5) is 11.7. The van der Waals surface area contributed by atoms with Gasteiger partial charge in [-0.3, -0.25) is 4.79 Å². The monoisotopic (exact) mass is 292 g/mol. The lowest BCUT2D eigenvalue weighted by Crippen LogP contribution is -2.42. The molecule has 1 atom stereocenters. The van der Waals surface area contributed by atoms with Crippen molar-refractivity contribution >= 4 is 5.97 Å². The molecule has 0 aromatic heterocycles. The van der Waals surface area contributed by atoms with Gasteiger partial charge in [0.15, 0.2) is 11.5 Å². The molecule has 1 unspecified atom stereocenters. The molecule has 0 amide bonds. The maximum absolute atomic E-state index is 11.7. The Morgan fingerprint density at radius 1 is 1.43 bits per heavy atom. The molecule has 1 saturated heterocycles. The highest BCUT2D eigenvalue weighted by Crippen LogP contribution is 2.49. The fraction of sp³-hybridized carbons (Fsp3) is 0.562. The van der Waals surface area contributed by atoms with Crippen LogP contribution in [0.5, 0.6) is 11.5 Å². The van der Waals surface area contributed by atoms with Crippen molar-refractivity contribution < 1.29 is 24.1 Å². The summed E-state index contributed by atoms with van der Waals surface area (Å²) in [7, 11) is 1.56. The van der Waals surface area contributed by atoms with Crippen LogP contribution in [0.15, 0.2) is 18.2 Å². The molecule has 3 rings (SSSR count). The fourth-order valence-electron chi connectivity index (χ4n) is 3.11. The average Bonchev–Trinajstić information content (AvgIpc) is 2.90. The van der Waals surface area contributed by atoms with Crippen LogP contribution in [0.25, 0.3) is 0 Å².